The number of carbonyl (C=O) groups excluding carboxylic acids is 1. The summed E-state index contributed by atoms with van der Waals surface area (Å²) in [6.45, 7) is 8.27. The lowest BCUT2D eigenvalue weighted by atomic mass is 10.1. The third-order valence-electron chi connectivity index (χ3n) is 3.40. The van der Waals surface area contributed by atoms with Gasteiger partial charge in [0.15, 0.2) is 0 Å². The molecule has 0 spiro atoms. The fourth-order valence-corrected chi connectivity index (χ4v) is 3.66. The predicted molar refractivity (Wildman–Crippen MR) is 90.8 cm³/mol. The summed E-state index contributed by atoms with van der Waals surface area (Å²) in [4.78, 5) is 11.5. The highest BCUT2D eigenvalue weighted by molar-refractivity contribution is 7.92. The Hall–Kier alpha value is -1.56. The monoisotopic (exact) mass is 326 g/mol. The zero-order chi connectivity index (χ0) is 16.9. The molecule has 0 bridgehead atoms. The maximum atomic E-state index is 12.1. The highest BCUT2D eigenvalue weighted by Gasteiger charge is 2.21. The Morgan fingerprint density at radius 1 is 1.18 bits per heavy atom. The molecule has 0 aliphatic carbocycles. The van der Waals surface area contributed by atoms with Crippen LogP contribution in [0.4, 0.5) is 5.69 Å². The lowest BCUT2D eigenvalue weighted by Gasteiger charge is -2.26. The van der Waals surface area contributed by atoms with Crippen molar-refractivity contribution in [3.05, 3.63) is 28.8 Å². The van der Waals surface area contributed by atoms with Gasteiger partial charge in [0.05, 0.1) is 18.5 Å². The number of nitrogens with one attached hydrogen (secondary N) is 1. The van der Waals surface area contributed by atoms with E-state index in [9.17, 15) is 13.2 Å². The minimum atomic E-state index is -3.40. The molecule has 1 aromatic carbocycles. The second kappa shape index (κ2) is 7.63. The van der Waals surface area contributed by atoms with Crippen LogP contribution in [0.15, 0.2) is 12.1 Å². The molecule has 1 rings (SSSR count). The topological polar surface area (TPSA) is 66.5 Å². The van der Waals surface area contributed by atoms with Gasteiger partial charge < -0.3 is 5.32 Å². The molecular weight excluding hydrogens is 300 g/mol. The molecule has 0 aliphatic rings. The molecule has 0 radical (unpaired) electrons. The van der Waals surface area contributed by atoms with Gasteiger partial charge in [-0.15, -0.1) is 0 Å². The molecular formula is C16H26N2O3S. The van der Waals surface area contributed by atoms with E-state index in [1.54, 1.807) is 0 Å². The highest BCUT2D eigenvalue weighted by Crippen LogP contribution is 2.27. The average Bonchev–Trinajstić information content (AvgIpc) is 2.34. The maximum Gasteiger partial charge on any atom is 0.232 e. The summed E-state index contributed by atoms with van der Waals surface area (Å²) in [5.74, 6) is -0.0479. The van der Waals surface area contributed by atoms with Crippen LogP contribution in [0.5, 0.6) is 0 Å². The van der Waals surface area contributed by atoms with Crippen molar-refractivity contribution in [2.24, 2.45) is 0 Å². The molecule has 0 unspecified atom stereocenters. The Morgan fingerprint density at radius 2 is 1.73 bits per heavy atom. The second-order valence-corrected chi connectivity index (χ2v) is 7.59. The lowest BCUT2D eigenvalue weighted by Crippen LogP contribution is -2.38. The van der Waals surface area contributed by atoms with Gasteiger partial charge in [0, 0.05) is 13.0 Å². The van der Waals surface area contributed by atoms with Crippen molar-refractivity contribution in [1.29, 1.82) is 0 Å². The highest BCUT2D eigenvalue weighted by atomic mass is 32.2. The number of carbonyl (C=O) groups is 1. The van der Waals surface area contributed by atoms with Crippen molar-refractivity contribution in [3.8, 4) is 0 Å². The van der Waals surface area contributed by atoms with Gasteiger partial charge in [-0.2, -0.15) is 0 Å². The molecule has 1 aromatic rings. The van der Waals surface area contributed by atoms with Crippen LogP contribution in [0.1, 0.15) is 36.5 Å². The van der Waals surface area contributed by atoms with Crippen LogP contribution in [0.25, 0.3) is 0 Å². The van der Waals surface area contributed by atoms with Crippen molar-refractivity contribution >= 4 is 21.6 Å². The molecule has 0 saturated carbocycles. The fraction of sp³-hybridized carbons (Fsp3) is 0.562. The van der Waals surface area contributed by atoms with E-state index in [4.69, 9.17) is 0 Å². The van der Waals surface area contributed by atoms with Gasteiger partial charge >= 0.3 is 0 Å². The van der Waals surface area contributed by atoms with E-state index in [2.05, 4.69) is 5.32 Å². The standard InChI is InChI=1S/C16H26N2O3S/c1-6-7-15(19)17-8-9-18(22(5,20)21)16-13(3)10-12(2)11-14(16)4/h10-11H,6-9H2,1-5H3,(H,17,19). The van der Waals surface area contributed by atoms with Crippen LogP contribution in [-0.4, -0.2) is 33.7 Å². The normalized spacial score (nSPS) is 11.3. The summed E-state index contributed by atoms with van der Waals surface area (Å²) in [5, 5.41) is 2.76. The Kier molecular flexibility index (Phi) is 6.41. The summed E-state index contributed by atoms with van der Waals surface area (Å²) < 4.78 is 25.7. The van der Waals surface area contributed by atoms with Crippen LogP contribution in [0, 0.1) is 20.8 Å². The molecule has 0 aromatic heterocycles. The second-order valence-electron chi connectivity index (χ2n) is 5.68. The molecule has 0 fully saturated rings. The first-order chi connectivity index (χ1) is 10.2. The van der Waals surface area contributed by atoms with Gasteiger partial charge in [-0.05, 0) is 38.3 Å². The molecule has 1 N–H and O–H groups in total. The van der Waals surface area contributed by atoms with E-state index >= 15 is 0 Å². The Morgan fingerprint density at radius 3 is 2.18 bits per heavy atom. The van der Waals surface area contributed by atoms with Crippen molar-refractivity contribution < 1.29 is 13.2 Å². The first-order valence-corrected chi connectivity index (χ1v) is 9.34. The Labute approximate surface area is 133 Å². The van der Waals surface area contributed by atoms with Crippen LogP contribution in [0.3, 0.4) is 0 Å². The van der Waals surface area contributed by atoms with E-state index in [-0.39, 0.29) is 12.5 Å². The van der Waals surface area contributed by atoms with Crippen LogP contribution in [-0.2, 0) is 14.8 Å². The van der Waals surface area contributed by atoms with Gasteiger partial charge in [0.1, 0.15) is 0 Å². The molecule has 0 heterocycles. The number of benzene rings is 1. The molecule has 0 atom stereocenters. The van der Waals surface area contributed by atoms with Crippen LogP contribution >= 0.6 is 0 Å². The van der Waals surface area contributed by atoms with E-state index in [0.29, 0.717) is 18.7 Å². The van der Waals surface area contributed by atoms with Crippen molar-refractivity contribution in [2.75, 3.05) is 23.7 Å². The summed E-state index contributed by atoms with van der Waals surface area (Å²) in [6, 6.07) is 3.94. The number of nitrogens with zero attached hydrogens (tertiary/aromatic N) is 1. The third kappa shape index (κ3) is 5.02. The summed E-state index contributed by atoms with van der Waals surface area (Å²) in [7, 11) is -3.40. The SMILES string of the molecule is CCCC(=O)NCCN(c1c(C)cc(C)cc1C)S(C)(=O)=O. The van der Waals surface area contributed by atoms with Gasteiger partial charge in [0.25, 0.3) is 0 Å². The fourth-order valence-electron chi connectivity index (χ4n) is 2.62. The minimum Gasteiger partial charge on any atom is -0.354 e. The van der Waals surface area contributed by atoms with Crippen molar-refractivity contribution in [1.82, 2.24) is 5.32 Å². The van der Waals surface area contributed by atoms with Gasteiger partial charge in [-0.3, -0.25) is 9.10 Å². The number of hydrogen-bond donors (Lipinski definition) is 1. The lowest BCUT2D eigenvalue weighted by molar-refractivity contribution is -0.121. The average molecular weight is 326 g/mol. The molecule has 6 heteroatoms. The van der Waals surface area contributed by atoms with E-state index < -0.39 is 10.0 Å². The molecule has 0 aliphatic heterocycles. The van der Waals surface area contributed by atoms with Gasteiger partial charge in [-0.25, -0.2) is 8.42 Å². The molecule has 22 heavy (non-hydrogen) atoms. The van der Waals surface area contributed by atoms with Crippen molar-refractivity contribution in [3.63, 3.8) is 0 Å². The first-order valence-electron chi connectivity index (χ1n) is 7.49. The molecule has 5 nitrogen and oxygen atoms in total. The summed E-state index contributed by atoms with van der Waals surface area (Å²) >= 11 is 0. The third-order valence-corrected chi connectivity index (χ3v) is 4.57. The van der Waals surface area contributed by atoms with Crippen LogP contribution < -0.4 is 9.62 Å². The van der Waals surface area contributed by atoms with Crippen LogP contribution in [0.2, 0.25) is 0 Å². The number of sulfonamides is 1. The number of hydrogen-bond acceptors (Lipinski definition) is 3. The number of amides is 1. The zero-order valence-electron chi connectivity index (χ0n) is 14.1. The smallest absolute Gasteiger partial charge is 0.232 e. The number of aryl methyl sites for hydroxylation is 3. The largest absolute Gasteiger partial charge is 0.354 e. The summed E-state index contributed by atoms with van der Waals surface area (Å²) in [6.07, 6.45) is 2.43. The molecule has 124 valence electrons. The number of rotatable bonds is 7. The Bertz CT molecular complexity index is 616. The maximum absolute atomic E-state index is 12.1. The van der Waals surface area contributed by atoms with E-state index in [1.807, 2.05) is 39.8 Å². The van der Waals surface area contributed by atoms with Gasteiger partial charge in [0.2, 0.25) is 15.9 Å². The Balaban J connectivity index is 2.99. The minimum absolute atomic E-state index is 0.0479. The molecule has 1 amide bonds. The van der Waals surface area contributed by atoms with E-state index in [0.717, 1.165) is 23.1 Å². The van der Waals surface area contributed by atoms with Crippen molar-refractivity contribution in [2.45, 2.75) is 40.5 Å². The van der Waals surface area contributed by atoms with Gasteiger partial charge in [-0.1, -0.05) is 24.6 Å². The quantitative estimate of drug-likeness (QED) is 0.836. The molecule has 0 saturated heterocycles. The summed E-state index contributed by atoms with van der Waals surface area (Å²) in [5.41, 5.74) is 3.65. The first kappa shape index (κ1) is 18.5. The van der Waals surface area contributed by atoms with E-state index in [1.165, 1.54) is 10.6 Å². The number of anilines is 1. The zero-order valence-corrected chi connectivity index (χ0v) is 14.9. The predicted octanol–water partition coefficient (Wildman–Crippen LogP) is 2.29.